The second kappa shape index (κ2) is 7.61. The lowest BCUT2D eigenvalue weighted by Gasteiger charge is -2.42. The van der Waals surface area contributed by atoms with Crippen LogP contribution in [0.1, 0.15) is 53.4 Å². The molecular weight excluding hydrogens is 316 g/mol. The van der Waals surface area contributed by atoms with E-state index in [0.29, 0.717) is 5.92 Å². The van der Waals surface area contributed by atoms with Gasteiger partial charge in [-0.15, -0.1) is 0 Å². The van der Waals surface area contributed by atoms with Crippen LogP contribution in [0, 0.1) is 17.3 Å². The third-order valence-electron chi connectivity index (χ3n) is 5.31. The summed E-state index contributed by atoms with van der Waals surface area (Å²) < 4.78 is 18.4. The van der Waals surface area contributed by atoms with Crippen molar-refractivity contribution in [3.8, 4) is 0 Å². The first kappa shape index (κ1) is 20.2. The number of rotatable bonds is 6. The van der Waals surface area contributed by atoms with Crippen LogP contribution in [0.3, 0.4) is 0 Å². The van der Waals surface area contributed by atoms with Crippen LogP contribution in [0.25, 0.3) is 0 Å². The molecule has 1 heterocycles. The number of allylic oxidation sites excluding steroid dienone is 1. The molecule has 2 rings (SSSR count). The lowest BCUT2D eigenvalue weighted by Crippen LogP contribution is -2.46. The largest absolute Gasteiger partial charge is 0.414 e. The van der Waals surface area contributed by atoms with Gasteiger partial charge in [0.2, 0.25) is 0 Å². The first-order valence-corrected chi connectivity index (χ1v) is 13.0. The summed E-state index contributed by atoms with van der Waals surface area (Å²) in [7, 11) is -1.47. The predicted molar refractivity (Wildman–Crippen MR) is 103 cm³/mol. The van der Waals surface area contributed by atoms with E-state index in [1.54, 1.807) is 0 Å². The standard InChI is InChI=1S/C20H38O3Si/c1-16-9-8-10-17(13-23-24(5,6)7)18(16)11-12-20(4)21-14-19(2,3)15-22-20/h10,16,18H,8-9,11-15H2,1-7H3. The van der Waals surface area contributed by atoms with Gasteiger partial charge in [0, 0.05) is 11.8 Å². The maximum absolute atomic E-state index is 6.20. The van der Waals surface area contributed by atoms with Gasteiger partial charge in [-0.2, -0.15) is 0 Å². The van der Waals surface area contributed by atoms with Crippen molar-refractivity contribution in [2.75, 3.05) is 19.8 Å². The minimum atomic E-state index is -1.47. The molecule has 2 atom stereocenters. The molecule has 0 bridgehead atoms. The monoisotopic (exact) mass is 354 g/mol. The zero-order valence-corrected chi connectivity index (χ0v) is 17.9. The molecular formula is C20H38O3Si. The van der Waals surface area contributed by atoms with Crippen molar-refractivity contribution in [3.63, 3.8) is 0 Å². The summed E-state index contributed by atoms with van der Waals surface area (Å²) in [6.07, 6.45) is 6.99. The molecule has 2 unspecified atom stereocenters. The summed E-state index contributed by atoms with van der Waals surface area (Å²) in [6.45, 7) is 18.1. The maximum atomic E-state index is 6.20. The Bertz CT molecular complexity index is 440. The summed E-state index contributed by atoms with van der Waals surface area (Å²) in [5.41, 5.74) is 1.64. The zero-order chi connectivity index (χ0) is 18.0. The average Bonchev–Trinajstić information content (AvgIpc) is 2.47. The molecule has 0 N–H and O–H groups in total. The fourth-order valence-corrected chi connectivity index (χ4v) is 4.13. The third-order valence-corrected chi connectivity index (χ3v) is 6.32. The van der Waals surface area contributed by atoms with E-state index in [1.807, 2.05) is 0 Å². The fourth-order valence-electron chi connectivity index (χ4n) is 3.53. The number of hydrogen-bond donors (Lipinski definition) is 0. The topological polar surface area (TPSA) is 27.7 Å². The van der Waals surface area contributed by atoms with Crippen LogP contribution >= 0.6 is 0 Å². The van der Waals surface area contributed by atoms with E-state index in [-0.39, 0.29) is 5.41 Å². The van der Waals surface area contributed by atoms with Gasteiger partial charge in [-0.25, -0.2) is 0 Å². The Morgan fingerprint density at radius 2 is 1.79 bits per heavy atom. The van der Waals surface area contributed by atoms with Gasteiger partial charge in [-0.1, -0.05) is 26.8 Å². The Morgan fingerprint density at radius 3 is 2.38 bits per heavy atom. The second-order valence-corrected chi connectivity index (χ2v) is 14.3. The van der Waals surface area contributed by atoms with Gasteiger partial charge in [-0.05, 0) is 63.2 Å². The van der Waals surface area contributed by atoms with E-state index in [1.165, 1.54) is 18.4 Å². The molecule has 0 amide bonds. The normalized spacial score (nSPS) is 30.0. The maximum Gasteiger partial charge on any atom is 0.184 e. The number of ether oxygens (including phenoxy) is 2. The molecule has 0 aromatic rings. The van der Waals surface area contributed by atoms with E-state index >= 15 is 0 Å². The molecule has 3 nitrogen and oxygen atoms in total. The van der Waals surface area contributed by atoms with E-state index < -0.39 is 14.1 Å². The lowest BCUT2D eigenvalue weighted by atomic mass is 9.76. The molecule has 1 aliphatic carbocycles. The zero-order valence-electron chi connectivity index (χ0n) is 16.9. The van der Waals surface area contributed by atoms with Gasteiger partial charge >= 0.3 is 0 Å². The van der Waals surface area contributed by atoms with E-state index in [2.05, 4.69) is 53.4 Å². The van der Waals surface area contributed by atoms with Crippen molar-refractivity contribution in [3.05, 3.63) is 11.6 Å². The van der Waals surface area contributed by atoms with Crippen LogP contribution in [0.2, 0.25) is 19.6 Å². The molecule has 24 heavy (non-hydrogen) atoms. The summed E-state index contributed by atoms with van der Waals surface area (Å²) >= 11 is 0. The Hall–Kier alpha value is -0.163. The van der Waals surface area contributed by atoms with E-state index in [4.69, 9.17) is 13.9 Å². The van der Waals surface area contributed by atoms with Crippen LogP contribution in [0.4, 0.5) is 0 Å². The van der Waals surface area contributed by atoms with Gasteiger partial charge in [0.1, 0.15) is 0 Å². The second-order valence-electron chi connectivity index (χ2n) is 9.76. The summed E-state index contributed by atoms with van der Waals surface area (Å²) in [5, 5.41) is 0. The van der Waals surface area contributed by atoms with E-state index in [9.17, 15) is 0 Å². The van der Waals surface area contributed by atoms with Gasteiger partial charge in [0.05, 0.1) is 19.8 Å². The van der Waals surface area contributed by atoms with Gasteiger partial charge in [0.25, 0.3) is 0 Å². The Labute approximate surface area is 150 Å². The Balaban J connectivity index is 1.93. The highest BCUT2D eigenvalue weighted by molar-refractivity contribution is 6.69. The predicted octanol–water partition coefficient (Wildman–Crippen LogP) is 5.38. The molecule has 0 aromatic carbocycles. The Morgan fingerprint density at radius 1 is 1.17 bits per heavy atom. The van der Waals surface area contributed by atoms with Gasteiger partial charge in [-0.3, -0.25) is 0 Å². The SMILES string of the molecule is CC1CCC=C(CO[Si](C)(C)C)C1CCC1(C)OCC(C)(C)CO1. The van der Waals surface area contributed by atoms with Crippen LogP contribution < -0.4 is 0 Å². The molecule has 0 aromatic heterocycles. The Kier molecular flexibility index (Phi) is 6.39. The first-order valence-electron chi connectivity index (χ1n) is 9.61. The molecule has 1 fully saturated rings. The molecule has 1 aliphatic heterocycles. The summed E-state index contributed by atoms with van der Waals surface area (Å²) in [5.74, 6) is 0.908. The van der Waals surface area contributed by atoms with Crippen molar-refractivity contribution in [1.29, 1.82) is 0 Å². The van der Waals surface area contributed by atoms with Crippen molar-refractivity contribution >= 4 is 8.32 Å². The van der Waals surface area contributed by atoms with Crippen LogP contribution in [-0.4, -0.2) is 33.9 Å². The van der Waals surface area contributed by atoms with E-state index in [0.717, 1.165) is 38.6 Å². The van der Waals surface area contributed by atoms with Gasteiger partial charge < -0.3 is 13.9 Å². The van der Waals surface area contributed by atoms with Crippen LogP contribution in [0.5, 0.6) is 0 Å². The highest BCUT2D eigenvalue weighted by Crippen LogP contribution is 2.38. The minimum Gasteiger partial charge on any atom is -0.414 e. The molecule has 2 aliphatic rings. The molecule has 4 heteroatoms. The summed E-state index contributed by atoms with van der Waals surface area (Å²) in [4.78, 5) is 0. The number of hydrogen-bond acceptors (Lipinski definition) is 3. The highest BCUT2D eigenvalue weighted by atomic mass is 28.4. The van der Waals surface area contributed by atoms with Crippen molar-refractivity contribution in [2.45, 2.75) is 78.8 Å². The molecule has 0 radical (unpaired) electrons. The van der Waals surface area contributed by atoms with Crippen LogP contribution in [0.15, 0.2) is 11.6 Å². The first-order chi connectivity index (χ1) is 11.0. The lowest BCUT2D eigenvalue weighted by molar-refractivity contribution is -0.293. The fraction of sp³-hybridized carbons (Fsp3) is 0.900. The molecule has 0 spiro atoms. The molecule has 140 valence electrons. The quantitative estimate of drug-likeness (QED) is 0.473. The average molecular weight is 355 g/mol. The van der Waals surface area contributed by atoms with Crippen molar-refractivity contribution in [2.24, 2.45) is 17.3 Å². The smallest absolute Gasteiger partial charge is 0.184 e. The molecule has 0 saturated carbocycles. The van der Waals surface area contributed by atoms with Gasteiger partial charge in [0.15, 0.2) is 14.1 Å². The minimum absolute atomic E-state index is 0.133. The molecule has 1 saturated heterocycles. The van der Waals surface area contributed by atoms with Crippen LogP contribution in [-0.2, 0) is 13.9 Å². The van der Waals surface area contributed by atoms with Crippen molar-refractivity contribution < 1.29 is 13.9 Å². The summed E-state index contributed by atoms with van der Waals surface area (Å²) in [6, 6.07) is 0. The highest BCUT2D eigenvalue weighted by Gasteiger charge is 2.38. The third kappa shape index (κ3) is 5.97. The van der Waals surface area contributed by atoms with Crippen molar-refractivity contribution in [1.82, 2.24) is 0 Å².